The molecule has 1 aromatic heterocycles. The predicted octanol–water partition coefficient (Wildman–Crippen LogP) is -1.66. The molecule has 1 aliphatic rings. The number of aliphatic hydroxyl groups excluding tert-OH is 2. The quantitative estimate of drug-likeness (QED) is 0.454. The number of nitrogens with zero attached hydrogens (tertiary/aromatic N) is 1. The van der Waals surface area contributed by atoms with E-state index in [0.717, 1.165) is 4.57 Å². The zero-order valence-electron chi connectivity index (χ0n) is 11.0. The largest absolute Gasteiger partial charge is 0.390 e. The topological polar surface area (TPSA) is 114 Å². The average Bonchev–Trinajstić information content (AvgIpc) is 2.79. The lowest BCUT2D eigenvalue weighted by molar-refractivity contribution is -0.0382. The SMILES string of the molecule is O=c1[nH]c(=O)n([C@H]2CC(O)[C@@H](COP)O2)cc1C#CCO. The van der Waals surface area contributed by atoms with Gasteiger partial charge in [-0.05, 0) is 0 Å². The van der Waals surface area contributed by atoms with Gasteiger partial charge < -0.3 is 19.5 Å². The van der Waals surface area contributed by atoms with Gasteiger partial charge in [0.1, 0.15) is 24.5 Å². The fraction of sp³-hybridized carbons (Fsp3) is 0.500. The van der Waals surface area contributed by atoms with E-state index in [1.165, 1.54) is 6.20 Å². The number of ether oxygens (including phenoxy) is 1. The molecule has 3 N–H and O–H groups in total. The number of hydrogen-bond acceptors (Lipinski definition) is 6. The molecule has 2 rings (SSSR count). The summed E-state index contributed by atoms with van der Waals surface area (Å²) in [5.74, 6) is 4.79. The highest BCUT2D eigenvalue weighted by Gasteiger charge is 2.35. The third-order valence-corrected chi connectivity index (χ3v) is 3.24. The summed E-state index contributed by atoms with van der Waals surface area (Å²) in [4.78, 5) is 25.5. The Hall–Kier alpha value is -1.49. The summed E-state index contributed by atoms with van der Waals surface area (Å²) < 4.78 is 11.5. The third-order valence-electron chi connectivity index (χ3n) is 3.04. The number of nitrogens with one attached hydrogen (secondary N) is 1. The van der Waals surface area contributed by atoms with E-state index in [9.17, 15) is 14.7 Å². The highest BCUT2D eigenvalue weighted by Crippen LogP contribution is 2.28. The lowest BCUT2D eigenvalue weighted by Gasteiger charge is -2.15. The molecule has 1 fully saturated rings. The Morgan fingerprint density at radius 2 is 2.33 bits per heavy atom. The van der Waals surface area contributed by atoms with Crippen LogP contribution in [0, 0.1) is 11.8 Å². The molecule has 114 valence electrons. The van der Waals surface area contributed by atoms with Crippen LogP contribution in [0.3, 0.4) is 0 Å². The zero-order valence-corrected chi connectivity index (χ0v) is 12.1. The molecule has 0 aromatic carbocycles. The molecule has 9 heteroatoms. The minimum absolute atomic E-state index is 0.0347. The Balaban J connectivity index is 2.32. The van der Waals surface area contributed by atoms with Crippen LogP contribution in [0.4, 0.5) is 0 Å². The van der Waals surface area contributed by atoms with E-state index in [0.29, 0.717) is 0 Å². The Kier molecular flexibility index (Phi) is 5.28. The fourth-order valence-corrected chi connectivity index (χ4v) is 2.24. The number of rotatable bonds is 3. The van der Waals surface area contributed by atoms with E-state index >= 15 is 0 Å². The minimum atomic E-state index is -0.777. The molecule has 0 radical (unpaired) electrons. The van der Waals surface area contributed by atoms with Gasteiger partial charge in [0.25, 0.3) is 5.56 Å². The van der Waals surface area contributed by atoms with Gasteiger partial charge in [0.05, 0.1) is 12.7 Å². The maximum atomic E-state index is 11.8. The number of aromatic amines is 1. The molecule has 0 amide bonds. The molecule has 1 aliphatic heterocycles. The summed E-state index contributed by atoms with van der Waals surface area (Å²) >= 11 is 0. The highest BCUT2D eigenvalue weighted by molar-refractivity contribution is 7.09. The van der Waals surface area contributed by atoms with Gasteiger partial charge in [0.2, 0.25) is 0 Å². The van der Waals surface area contributed by atoms with Gasteiger partial charge in [0.15, 0.2) is 0 Å². The van der Waals surface area contributed by atoms with Crippen LogP contribution in [0.15, 0.2) is 15.8 Å². The third kappa shape index (κ3) is 3.59. The van der Waals surface area contributed by atoms with E-state index in [1.54, 1.807) is 0 Å². The molecular weight excluding hydrogens is 299 g/mol. The summed E-state index contributed by atoms with van der Waals surface area (Å²) in [5, 5.41) is 18.5. The van der Waals surface area contributed by atoms with E-state index in [4.69, 9.17) is 14.4 Å². The van der Waals surface area contributed by atoms with Crippen molar-refractivity contribution in [2.75, 3.05) is 13.2 Å². The van der Waals surface area contributed by atoms with Crippen molar-refractivity contribution in [2.45, 2.75) is 24.9 Å². The number of aliphatic hydroxyl groups is 2. The average molecular weight is 314 g/mol. The summed E-state index contributed by atoms with van der Waals surface area (Å²) in [7, 11) is 2.06. The Labute approximate surface area is 122 Å². The standard InChI is InChI=1S/C12H15N2O6P/c15-3-1-2-7-5-14(12(18)13-11(7)17)10-4-8(16)9(20-10)6-19-21/h5,8-10,15-16H,3-4,6,21H2,(H,13,17,18)/t8?,9-,10-/m1/s1. The van der Waals surface area contributed by atoms with Crippen LogP contribution >= 0.6 is 9.47 Å². The second-order valence-corrected chi connectivity index (χ2v) is 4.77. The summed E-state index contributed by atoms with van der Waals surface area (Å²) in [6.07, 6.45) is -0.605. The maximum absolute atomic E-state index is 11.8. The monoisotopic (exact) mass is 314 g/mol. The van der Waals surface area contributed by atoms with Gasteiger partial charge in [-0.15, -0.1) is 0 Å². The molecule has 0 spiro atoms. The first kappa shape index (κ1) is 15.9. The normalized spacial score (nSPS) is 24.6. The van der Waals surface area contributed by atoms with Gasteiger partial charge in [0, 0.05) is 22.1 Å². The van der Waals surface area contributed by atoms with Crippen molar-refractivity contribution in [3.8, 4) is 11.8 Å². The van der Waals surface area contributed by atoms with Gasteiger partial charge in [-0.25, -0.2) is 4.79 Å². The van der Waals surface area contributed by atoms with Crippen LogP contribution in [0.25, 0.3) is 0 Å². The molecule has 0 bridgehead atoms. The van der Waals surface area contributed by atoms with Crippen molar-refractivity contribution in [3.63, 3.8) is 0 Å². The van der Waals surface area contributed by atoms with Crippen LogP contribution in [0.1, 0.15) is 18.2 Å². The van der Waals surface area contributed by atoms with Crippen LogP contribution in [0.2, 0.25) is 0 Å². The minimum Gasteiger partial charge on any atom is -0.390 e. The first-order valence-electron chi connectivity index (χ1n) is 6.17. The molecule has 8 nitrogen and oxygen atoms in total. The lowest BCUT2D eigenvalue weighted by atomic mass is 10.2. The molecule has 21 heavy (non-hydrogen) atoms. The second-order valence-electron chi connectivity index (χ2n) is 4.43. The lowest BCUT2D eigenvalue weighted by Crippen LogP contribution is -2.33. The molecule has 0 saturated carbocycles. The summed E-state index contributed by atoms with van der Waals surface area (Å²) in [6, 6.07) is 0. The van der Waals surface area contributed by atoms with Gasteiger partial charge in [-0.3, -0.25) is 14.3 Å². The first-order chi connectivity index (χ1) is 10.1. The van der Waals surface area contributed by atoms with E-state index in [2.05, 4.69) is 26.3 Å². The van der Waals surface area contributed by atoms with E-state index < -0.39 is 36.3 Å². The maximum Gasteiger partial charge on any atom is 0.330 e. The molecule has 2 heterocycles. The Morgan fingerprint density at radius 1 is 1.57 bits per heavy atom. The number of hydrogen-bond donors (Lipinski definition) is 3. The Morgan fingerprint density at radius 3 is 3.00 bits per heavy atom. The van der Waals surface area contributed by atoms with E-state index in [1.807, 2.05) is 0 Å². The van der Waals surface area contributed by atoms with Crippen LogP contribution < -0.4 is 11.2 Å². The molecule has 0 aliphatic carbocycles. The van der Waals surface area contributed by atoms with Crippen LogP contribution in [0.5, 0.6) is 0 Å². The molecular formula is C12H15N2O6P. The highest BCUT2D eigenvalue weighted by atomic mass is 31.0. The van der Waals surface area contributed by atoms with Gasteiger partial charge in [-0.2, -0.15) is 0 Å². The van der Waals surface area contributed by atoms with Crippen molar-refractivity contribution < 1.29 is 19.5 Å². The molecule has 1 saturated heterocycles. The molecule has 2 unspecified atom stereocenters. The van der Waals surface area contributed by atoms with Gasteiger partial charge >= 0.3 is 5.69 Å². The number of aromatic nitrogens is 2. The van der Waals surface area contributed by atoms with Crippen LogP contribution in [-0.2, 0) is 9.26 Å². The predicted molar refractivity (Wildman–Crippen MR) is 75.5 cm³/mol. The first-order valence-corrected chi connectivity index (χ1v) is 6.64. The van der Waals surface area contributed by atoms with Crippen molar-refractivity contribution in [1.29, 1.82) is 0 Å². The smallest absolute Gasteiger partial charge is 0.330 e. The Bertz CT molecular complexity index is 673. The van der Waals surface area contributed by atoms with Gasteiger partial charge in [-0.1, -0.05) is 11.8 Å². The van der Waals surface area contributed by atoms with Crippen LogP contribution in [-0.4, -0.2) is 45.2 Å². The number of H-pyrrole nitrogens is 1. The zero-order chi connectivity index (χ0) is 15.4. The van der Waals surface area contributed by atoms with E-state index in [-0.39, 0.29) is 18.6 Å². The summed E-state index contributed by atoms with van der Waals surface area (Å²) in [5.41, 5.74) is -1.26. The van der Waals surface area contributed by atoms with Crippen molar-refractivity contribution in [2.24, 2.45) is 0 Å². The second kappa shape index (κ2) is 6.98. The summed E-state index contributed by atoms with van der Waals surface area (Å²) in [6.45, 7) is -0.234. The van der Waals surface area contributed by atoms with Crippen molar-refractivity contribution >= 4 is 9.47 Å². The van der Waals surface area contributed by atoms with Crippen molar-refractivity contribution in [1.82, 2.24) is 9.55 Å². The molecule has 1 aromatic rings. The van der Waals surface area contributed by atoms with Crippen molar-refractivity contribution in [3.05, 3.63) is 32.6 Å². The fourth-order valence-electron chi connectivity index (χ4n) is 2.05. The molecule has 4 atom stereocenters.